The van der Waals surface area contributed by atoms with Crippen molar-refractivity contribution in [2.45, 2.75) is 39.7 Å². The van der Waals surface area contributed by atoms with Crippen molar-refractivity contribution in [2.75, 3.05) is 0 Å². The van der Waals surface area contributed by atoms with Crippen LogP contribution in [0.4, 0.5) is 0 Å². The average molecular weight is 418 g/mol. The van der Waals surface area contributed by atoms with Gasteiger partial charge in [0.2, 0.25) is 0 Å². The highest BCUT2D eigenvalue weighted by molar-refractivity contribution is 6.08. The molecule has 0 unspecified atom stereocenters. The maximum Gasteiger partial charge on any atom is 0.328 e. The predicted octanol–water partition coefficient (Wildman–Crippen LogP) is 5.10. The highest BCUT2D eigenvalue weighted by Gasteiger charge is 2.39. The van der Waals surface area contributed by atoms with Crippen molar-refractivity contribution in [1.29, 1.82) is 0 Å². The zero-order valence-corrected chi connectivity index (χ0v) is 18.1. The quantitative estimate of drug-likeness (QED) is 0.677. The molecule has 0 bridgehead atoms. The Hall–Kier alpha value is -3.34. The standard InChI is InChI=1S/C26H26O5/c1-14-12-19-17-10-11-26(3,4)31-25(17)22(24(30)21(19)23(29)15(14)2)18(13-20(27)28)16-8-6-5-7-9-16/h5-11,13-15,30H,12H2,1-4H3,(H,27,28)/b18-13-/t14-,15+/m0/s1. The molecule has 2 aliphatic rings. The number of carboxylic acids is 1. The van der Waals surface area contributed by atoms with Crippen LogP contribution in [0.3, 0.4) is 0 Å². The first-order valence-electron chi connectivity index (χ1n) is 10.5. The minimum Gasteiger partial charge on any atom is -0.506 e. The van der Waals surface area contributed by atoms with E-state index in [2.05, 4.69) is 0 Å². The van der Waals surface area contributed by atoms with Gasteiger partial charge in [-0.3, -0.25) is 4.79 Å². The summed E-state index contributed by atoms with van der Waals surface area (Å²) < 4.78 is 6.29. The number of Topliss-reactive ketones (excluding diaryl/α,β-unsaturated/α-hetero) is 1. The molecule has 0 saturated carbocycles. The van der Waals surface area contributed by atoms with Crippen LogP contribution in [0.5, 0.6) is 11.5 Å². The number of carbonyl (C=O) groups is 2. The number of hydrogen-bond donors (Lipinski definition) is 2. The van der Waals surface area contributed by atoms with E-state index in [4.69, 9.17) is 4.74 Å². The van der Waals surface area contributed by atoms with Gasteiger partial charge < -0.3 is 14.9 Å². The fourth-order valence-corrected chi connectivity index (χ4v) is 4.40. The SMILES string of the molecule is C[C@H]1Cc2c3c(c(/C(=C\C(=O)O)c4ccccc4)c(O)c2C(=O)[C@@H]1C)OC(C)(C)C=C3. The van der Waals surface area contributed by atoms with Crippen LogP contribution in [0, 0.1) is 11.8 Å². The predicted molar refractivity (Wildman–Crippen MR) is 119 cm³/mol. The monoisotopic (exact) mass is 418 g/mol. The molecule has 1 aliphatic carbocycles. The number of phenolic OH excluding ortho intramolecular Hbond substituents is 1. The van der Waals surface area contributed by atoms with Gasteiger partial charge in [0.05, 0.1) is 11.1 Å². The molecule has 160 valence electrons. The van der Waals surface area contributed by atoms with Gasteiger partial charge in [-0.25, -0.2) is 4.79 Å². The molecule has 0 spiro atoms. The number of aromatic hydroxyl groups is 1. The Morgan fingerprint density at radius 3 is 2.52 bits per heavy atom. The van der Waals surface area contributed by atoms with E-state index >= 15 is 0 Å². The van der Waals surface area contributed by atoms with E-state index in [1.807, 2.05) is 45.9 Å². The van der Waals surface area contributed by atoms with E-state index in [0.29, 0.717) is 23.3 Å². The maximum atomic E-state index is 13.2. The number of phenols is 1. The summed E-state index contributed by atoms with van der Waals surface area (Å²) in [5.74, 6) is -1.19. The van der Waals surface area contributed by atoms with Gasteiger partial charge in [-0.15, -0.1) is 0 Å². The zero-order valence-electron chi connectivity index (χ0n) is 18.1. The van der Waals surface area contributed by atoms with Gasteiger partial charge in [0.25, 0.3) is 0 Å². The maximum absolute atomic E-state index is 13.2. The van der Waals surface area contributed by atoms with E-state index in [0.717, 1.165) is 17.2 Å². The van der Waals surface area contributed by atoms with Crippen molar-refractivity contribution in [3.63, 3.8) is 0 Å². The van der Waals surface area contributed by atoms with Crippen LogP contribution in [-0.4, -0.2) is 27.6 Å². The lowest BCUT2D eigenvalue weighted by Crippen LogP contribution is -2.32. The van der Waals surface area contributed by atoms with Crippen molar-refractivity contribution in [2.24, 2.45) is 11.8 Å². The minimum atomic E-state index is -1.15. The molecule has 2 atom stereocenters. The first kappa shape index (κ1) is 20.9. The average Bonchev–Trinajstić information content (AvgIpc) is 2.70. The molecule has 5 nitrogen and oxygen atoms in total. The molecule has 4 rings (SSSR count). The molecule has 2 aromatic carbocycles. The van der Waals surface area contributed by atoms with Gasteiger partial charge in [-0.2, -0.15) is 0 Å². The summed E-state index contributed by atoms with van der Waals surface area (Å²) in [6.45, 7) is 7.69. The summed E-state index contributed by atoms with van der Waals surface area (Å²) >= 11 is 0. The molecule has 2 N–H and O–H groups in total. The van der Waals surface area contributed by atoms with Crippen LogP contribution in [0.1, 0.15) is 60.3 Å². The third-order valence-electron chi connectivity index (χ3n) is 6.25. The zero-order chi connectivity index (χ0) is 22.5. The van der Waals surface area contributed by atoms with Gasteiger partial charge in [0.15, 0.2) is 5.78 Å². The summed E-state index contributed by atoms with van der Waals surface area (Å²) in [6, 6.07) is 8.98. The summed E-state index contributed by atoms with van der Waals surface area (Å²) in [5, 5.41) is 21.0. The molecular formula is C26H26O5. The van der Waals surface area contributed by atoms with Crippen LogP contribution in [-0.2, 0) is 11.2 Å². The highest BCUT2D eigenvalue weighted by atomic mass is 16.5. The van der Waals surface area contributed by atoms with Gasteiger partial charge >= 0.3 is 5.97 Å². The van der Waals surface area contributed by atoms with E-state index in [1.54, 1.807) is 24.3 Å². The summed E-state index contributed by atoms with van der Waals surface area (Å²) in [6.07, 6.45) is 5.55. The lowest BCUT2D eigenvalue weighted by Gasteiger charge is -2.35. The highest BCUT2D eigenvalue weighted by Crippen LogP contribution is 2.50. The third kappa shape index (κ3) is 3.54. The van der Waals surface area contributed by atoms with Crippen molar-refractivity contribution < 1.29 is 24.5 Å². The second kappa shape index (κ2) is 7.41. The molecule has 31 heavy (non-hydrogen) atoms. The van der Waals surface area contributed by atoms with Gasteiger partial charge in [-0.1, -0.05) is 50.3 Å². The Morgan fingerprint density at radius 2 is 1.87 bits per heavy atom. The number of ketones is 1. The van der Waals surface area contributed by atoms with Crippen LogP contribution in [0.2, 0.25) is 0 Å². The van der Waals surface area contributed by atoms with Gasteiger partial charge in [-0.05, 0) is 43.4 Å². The lowest BCUT2D eigenvalue weighted by atomic mass is 9.73. The number of rotatable bonds is 3. The molecule has 0 fully saturated rings. The van der Waals surface area contributed by atoms with Gasteiger partial charge in [0.1, 0.15) is 17.1 Å². The number of ether oxygens (including phenoxy) is 1. The van der Waals surface area contributed by atoms with Crippen LogP contribution in [0.15, 0.2) is 42.5 Å². The molecule has 1 aliphatic heterocycles. The fourth-order valence-electron chi connectivity index (χ4n) is 4.40. The largest absolute Gasteiger partial charge is 0.506 e. The van der Waals surface area contributed by atoms with Gasteiger partial charge in [0, 0.05) is 23.1 Å². The minimum absolute atomic E-state index is 0.126. The molecule has 2 aromatic rings. The lowest BCUT2D eigenvalue weighted by molar-refractivity contribution is -0.131. The first-order valence-corrected chi connectivity index (χ1v) is 10.5. The second-order valence-corrected chi connectivity index (χ2v) is 8.96. The van der Waals surface area contributed by atoms with Crippen molar-refractivity contribution in [3.05, 3.63) is 70.3 Å². The number of carboxylic acid groups (broad SMARTS) is 1. The van der Waals surface area contributed by atoms with E-state index in [1.165, 1.54) is 0 Å². The smallest absolute Gasteiger partial charge is 0.328 e. The van der Waals surface area contributed by atoms with E-state index in [-0.39, 0.29) is 34.5 Å². The Balaban J connectivity index is 2.11. The van der Waals surface area contributed by atoms with Crippen LogP contribution in [0.25, 0.3) is 11.6 Å². The summed E-state index contributed by atoms with van der Waals surface area (Å²) in [7, 11) is 0. The Kier molecular flexibility index (Phi) is 5.00. The Bertz CT molecular complexity index is 1140. The van der Waals surface area contributed by atoms with Crippen molar-refractivity contribution >= 4 is 23.4 Å². The third-order valence-corrected chi connectivity index (χ3v) is 6.25. The number of carbonyl (C=O) groups excluding carboxylic acids is 1. The Morgan fingerprint density at radius 1 is 1.19 bits per heavy atom. The first-order chi connectivity index (χ1) is 14.6. The number of aliphatic carboxylic acids is 1. The van der Waals surface area contributed by atoms with E-state index in [9.17, 15) is 19.8 Å². The molecule has 0 saturated heterocycles. The van der Waals surface area contributed by atoms with Crippen LogP contribution < -0.4 is 4.74 Å². The number of benzene rings is 2. The summed E-state index contributed by atoms with van der Waals surface area (Å²) in [5.41, 5.74) is 2.29. The molecule has 0 amide bonds. The van der Waals surface area contributed by atoms with Crippen molar-refractivity contribution in [3.8, 4) is 11.5 Å². The molecule has 1 heterocycles. The molecule has 5 heteroatoms. The van der Waals surface area contributed by atoms with E-state index < -0.39 is 11.6 Å². The normalized spacial score (nSPS) is 21.8. The fraction of sp³-hybridized carbons (Fsp3) is 0.308. The van der Waals surface area contributed by atoms with Crippen LogP contribution >= 0.6 is 0 Å². The molecular weight excluding hydrogens is 392 g/mol. The number of hydrogen-bond acceptors (Lipinski definition) is 4. The molecule has 0 aromatic heterocycles. The number of fused-ring (bicyclic) bond motifs is 3. The molecule has 0 radical (unpaired) electrons. The second-order valence-electron chi connectivity index (χ2n) is 8.96. The topological polar surface area (TPSA) is 83.8 Å². The summed E-state index contributed by atoms with van der Waals surface area (Å²) in [4.78, 5) is 25.0. The Labute approximate surface area is 181 Å². The van der Waals surface area contributed by atoms with Crippen molar-refractivity contribution in [1.82, 2.24) is 0 Å².